The minimum atomic E-state index is -0.862. The van der Waals surface area contributed by atoms with E-state index in [1.165, 1.54) is 4.90 Å². The Morgan fingerprint density at radius 1 is 1.36 bits per heavy atom. The number of amides is 1. The van der Waals surface area contributed by atoms with Crippen molar-refractivity contribution in [3.05, 3.63) is 41.7 Å². The molecule has 1 amide bonds. The Hall–Kier alpha value is -2.70. The first-order valence-corrected chi connectivity index (χ1v) is 7.06. The van der Waals surface area contributed by atoms with Crippen molar-refractivity contribution < 1.29 is 14.7 Å². The van der Waals surface area contributed by atoms with E-state index in [1.807, 2.05) is 31.2 Å². The fourth-order valence-corrected chi connectivity index (χ4v) is 2.57. The lowest BCUT2D eigenvalue weighted by molar-refractivity contribution is -0.141. The highest BCUT2D eigenvalue weighted by Crippen LogP contribution is 2.18. The Balaban J connectivity index is 1.77. The quantitative estimate of drug-likeness (QED) is 0.917. The van der Waals surface area contributed by atoms with Crippen LogP contribution in [0.2, 0.25) is 0 Å². The topological polar surface area (TPSA) is 88.3 Å². The molecule has 114 valence electrons. The summed E-state index contributed by atoms with van der Waals surface area (Å²) in [5.74, 6) is -1.63. The normalized spacial score (nSPS) is 17.7. The largest absolute Gasteiger partial charge is 0.481 e. The summed E-state index contributed by atoms with van der Waals surface area (Å²) in [6.45, 7) is 2.64. The summed E-state index contributed by atoms with van der Waals surface area (Å²) < 4.78 is 1.55. The molecule has 2 heterocycles. The number of carbonyl (C=O) groups excluding carboxylic acids is 1. The lowest BCUT2D eigenvalue weighted by atomic mass is 10.1. The van der Waals surface area contributed by atoms with E-state index in [0.717, 1.165) is 11.3 Å². The standard InChI is InChI=1S/C15H16N4O3/c1-10-3-2-4-12(7-10)19-9-13(16-17-19)14(20)18-6-5-11(8-18)15(21)22/h2-4,7,9,11H,5-6,8H2,1H3,(H,21,22). The molecule has 22 heavy (non-hydrogen) atoms. The molecule has 1 aromatic heterocycles. The van der Waals surface area contributed by atoms with Gasteiger partial charge in [-0.1, -0.05) is 17.3 Å². The molecule has 0 bridgehead atoms. The third-order valence-electron chi connectivity index (χ3n) is 3.80. The van der Waals surface area contributed by atoms with Gasteiger partial charge < -0.3 is 10.0 Å². The number of hydrogen-bond donors (Lipinski definition) is 1. The Kier molecular flexibility index (Phi) is 3.62. The van der Waals surface area contributed by atoms with Crippen molar-refractivity contribution in [2.75, 3.05) is 13.1 Å². The minimum Gasteiger partial charge on any atom is -0.481 e. The van der Waals surface area contributed by atoms with Crippen LogP contribution in [-0.2, 0) is 4.79 Å². The Morgan fingerprint density at radius 3 is 2.86 bits per heavy atom. The second-order valence-corrected chi connectivity index (χ2v) is 5.46. The lowest BCUT2D eigenvalue weighted by Gasteiger charge is -2.13. The number of carboxylic acid groups (broad SMARTS) is 1. The van der Waals surface area contributed by atoms with Crippen molar-refractivity contribution in [1.29, 1.82) is 0 Å². The number of hydrogen-bond acceptors (Lipinski definition) is 4. The lowest BCUT2D eigenvalue weighted by Crippen LogP contribution is -2.30. The highest BCUT2D eigenvalue weighted by molar-refractivity contribution is 5.92. The fraction of sp³-hybridized carbons (Fsp3) is 0.333. The zero-order valence-electron chi connectivity index (χ0n) is 12.1. The van der Waals surface area contributed by atoms with E-state index in [0.29, 0.717) is 13.0 Å². The van der Waals surface area contributed by atoms with Crippen LogP contribution in [0.5, 0.6) is 0 Å². The van der Waals surface area contributed by atoms with E-state index in [9.17, 15) is 9.59 Å². The van der Waals surface area contributed by atoms with Gasteiger partial charge in [0.2, 0.25) is 0 Å². The summed E-state index contributed by atoms with van der Waals surface area (Å²) in [4.78, 5) is 24.8. The van der Waals surface area contributed by atoms with Gasteiger partial charge in [0.15, 0.2) is 5.69 Å². The highest BCUT2D eigenvalue weighted by Gasteiger charge is 2.32. The molecule has 3 rings (SSSR count). The van der Waals surface area contributed by atoms with Crippen molar-refractivity contribution in [2.24, 2.45) is 5.92 Å². The molecule has 1 fully saturated rings. The SMILES string of the molecule is Cc1cccc(-n2cc(C(=O)N3CCC(C(=O)O)C3)nn2)c1. The summed E-state index contributed by atoms with van der Waals surface area (Å²) >= 11 is 0. The second-order valence-electron chi connectivity index (χ2n) is 5.46. The molecule has 1 aliphatic rings. The first-order valence-electron chi connectivity index (χ1n) is 7.06. The fourth-order valence-electron chi connectivity index (χ4n) is 2.57. The number of likely N-dealkylation sites (tertiary alicyclic amines) is 1. The molecule has 0 spiro atoms. The Labute approximate surface area is 127 Å². The first-order chi connectivity index (χ1) is 10.5. The molecule has 1 unspecified atom stereocenters. The van der Waals surface area contributed by atoms with Gasteiger partial charge in [-0.15, -0.1) is 5.10 Å². The molecular formula is C15H16N4O3. The molecule has 7 heteroatoms. The van der Waals surface area contributed by atoms with Crippen molar-refractivity contribution in [3.63, 3.8) is 0 Å². The van der Waals surface area contributed by atoms with Crippen molar-refractivity contribution >= 4 is 11.9 Å². The van der Waals surface area contributed by atoms with E-state index in [1.54, 1.807) is 10.9 Å². The smallest absolute Gasteiger partial charge is 0.308 e. The predicted octanol–water partition coefficient (Wildman–Crippen LogP) is 1.12. The average molecular weight is 300 g/mol. The van der Waals surface area contributed by atoms with Crippen LogP contribution >= 0.6 is 0 Å². The summed E-state index contributed by atoms with van der Waals surface area (Å²) in [6.07, 6.45) is 2.05. The van der Waals surface area contributed by atoms with Gasteiger partial charge in [0.1, 0.15) is 0 Å². The molecule has 2 aromatic rings. The van der Waals surface area contributed by atoms with Gasteiger partial charge in [-0.05, 0) is 31.0 Å². The molecule has 0 aliphatic carbocycles. The monoisotopic (exact) mass is 300 g/mol. The van der Waals surface area contributed by atoms with Gasteiger partial charge in [-0.2, -0.15) is 0 Å². The van der Waals surface area contributed by atoms with Gasteiger partial charge in [0.05, 0.1) is 17.8 Å². The number of carbonyl (C=O) groups is 2. The number of rotatable bonds is 3. The number of benzene rings is 1. The van der Waals surface area contributed by atoms with E-state index in [2.05, 4.69) is 10.3 Å². The van der Waals surface area contributed by atoms with Crippen molar-refractivity contribution in [2.45, 2.75) is 13.3 Å². The van der Waals surface area contributed by atoms with Gasteiger partial charge >= 0.3 is 5.97 Å². The molecule has 1 N–H and O–H groups in total. The van der Waals surface area contributed by atoms with Crippen LogP contribution in [-0.4, -0.2) is 50.0 Å². The third-order valence-corrected chi connectivity index (χ3v) is 3.80. The van der Waals surface area contributed by atoms with Gasteiger partial charge in [0.25, 0.3) is 5.91 Å². The molecule has 1 aromatic carbocycles. The van der Waals surface area contributed by atoms with E-state index in [4.69, 9.17) is 5.11 Å². The summed E-state index contributed by atoms with van der Waals surface area (Å²) in [7, 11) is 0. The van der Waals surface area contributed by atoms with Crippen LogP contribution in [0.25, 0.3) is 5.69 Å². The predicted molar refractivity (Wildman–Crippen MR) is 77.7 cm³/mol. The summed E-state index contributed by atoms with van der Waals surface area (Å²) in [5.41, 5.74) is 2.15. The van der Waals surface area contributed by atoms with Crippen LogP contribution in [0.3, 0.4) is 0 Å². The maximum Gasteiger partial charge on any atom is 0.308 e. The van der Waals surface area contributed by atoms with Crippen LogP contribution in [0, 0.1) is 12.8 Å². The van der Waals surface area contributed by atoms with E-state index < -0.39 is 11.9 Å². The molecular weight excluding hydrogens is 284 g/mol. The van der Waals surface area contributed by atoms with Crippen molar-refractivity contribution in [3.8, 4) is 5.69 Å². The van der Waals surface area contributed by atoms with Crippen LogP contribution in [0.4, 0.5) is 0 Å². The Bertz CT molecular complexity index is 725. The third kappa shape index (κ3) is 2.69. The highest BCUT2D eigenvalue weighted by atomic mass is 16.4. The number of nitrogens with zero attached hydrogens (tertiary/aromatic N) is 4. The van der Waals surface area contributed by atoms with Gasteiger partial charge in [-0.3, -0.25) is 9.59 Å². The number of carboxylic acids is 1. The molecule has 1 saturated heterocycles. The minimum absolute atomic E-state index is 0.228. The van der Waals surface area contributed by atoms with E-state index in [-0.39, 0.29) is 18.1 Å². The number of aryl methyl sites for hydroxylation is 1. The van der Waals surface area contributed by atoms with Gasteiger partial charge in [-0.25, -0.2) is 4.68 Å². The van der Waals surface area contributed by atoms with Crippen LogP contribution < -0.4 is 0 Å². The van der Waals surface area contributed by atoms with E-state index >= 15 is 0 Å². The molecule has 7 nitrogen and oxygen atoms in total. The zero-order valence-corrected chi connectivity index (χ0v) is 12.1. The number of aromatic nitrogens is 3. The molecule has 1 aliphatic heterocycles. The van der Waals surface area contributed by atoms with Gasteiger partial charge in [0, 0.05) is 13.1 Å². The maximum absolute atomic E-state index is 12.3. The maximum atomic E-state index is 12.3. The first kappa shape index (κ1) is 14.2. The Morgan fingerprint density at radius 2 is 2.18 bits per heavy atom. The van der Waals surface area contributed by atoms with Crippen molar-refractivity contribution in [1.82, 2.24) is 19.9 Å². The molecule has 0 radical (unpaired) electrons. The second kappa shape index (κ2) is 5.59. The van der Waals surface area contributed by atoms with Crippen LogP contribution in [0.1, 0.15) is 22.5 Å². The molecule has 1 atom stereocenters. The average Bonchev–Trinajstić information content (AvgIpc) is 3.16. The summed E-state index contributed by atoms with van der Waals surface area (Å²) in [5, 5.41) is 16.9. The summed E-state index contributed by atoms with van der Waals surface area (Å²) in [6, 6.07) is 7.71. The number of aliphatic carboxylic acids is 1. The van der Waals surface area contributed by atoms with Crippen LogP contribution in [0.15, 0.2) is 30.5 Å². The molecule has 0 saturated carbocycles. The zero-order chi connectivity index (χ0) is 15.7.